The molecule has 1 heterocycles. The van der Waals surface area contributed by atoms with Crippen molar-refractivity contribution in [3.05, 3.63) is 24.3 Å². The number of nitrogens with one attached hydrogen (secondary N) is 2. The van der Waals surface area contributed by atoms with E-state index in [1.54, 1.807) is 6.26 Å². The largest absolute Gasteiger partial charge is 0.477 e. The minimum atomic E-state index is -0.854. The van der Waals surface area contributed by atoms with Gasteiger partial charge >= 0.3 is 0 Å². The molecule has 1 aliphatic heterocycles. The molecule has 1 aromatic rings. The van der Waals surface area contributed by atoms with Gasteiger partial charge < -0.3 is 15.4 Å². The van der Waals surface area contributed by atoms with Gasteiger partial charge in [-0.05, 0) is 18.6 Å². The molecule has 2 rings (SSSR count). The summed E-state index contributed by atoms with van der Waals surface area (Å²) in [5, 5.41) is 6.09. The van der Waals surface area contributed by atoms with E-state index in [9.17, 15) is 9.00 Å². The number of rotatable bonds is 5. The maximum absolute atomic E-state index is 12.0. The van der Waals surface area contributed by atoms with E-state index in [-0.39, 0.29) is 11.2 Å². The number of hydrogen-bond acceptors (Lipinski definition) is 4. The Bertz CT molecular complexity index is 507. The Morgan fingerprint density at radius 2 is 2.30 bits per heavy atom. The Kier molecular flexibility index (Phi) is 5.00. The topological polar surface area (TPSA) is 67.4 Å². The highest BCUT2D eigenvalue weighted by molar-refractivity contribution is 7.84. The van der Waals surface area contributed by atoms with Gasteiger partial charge in [-0.15, -0.1) is 0 Å². The number of carbonyl (C=O) groups is 1. The van der Waals surface area contributed by atoms with Crippen molar-refractivity contribution in [2.45, 2.75) is 24.7 Å². The molecule has 0 aromatic heterocycles. The maximum Gasteiger partial charge on any atom is 0.262 e. The van der Waals surface area contributed by atoms with E-state index in [0.717, 1.165) is 5.69 Å². The molecule has 0 bridgehead atoms. The molecule has 1 amide bonds. The lowest BCUT2D eigenvalue weighted by atomic mass is 10.2. The molecule has 0 fully saturated rings. The van der Waals surface area contributed by atoms with Crippen LogP contribution in [0, 0.1) is 0 Å². The normalized spacial score (nSPS) is 20.0. The fraction of sp³-hybridized carbons (Fsp3) is 0.500. The summed E-state index contributed by atoms with van der Waals surface area (Å²) in [6, 6.07) is 7.55. The first-order chi connectivity index (χ1) is 9.58. The summed E-state index contributed by atoms with van der Waals surface area (Å²) in [5.74, 6) is 0.558. The lowest BCUT2D eigenvalue weighted by Gasteiger charge is -2.26. The highest BCUT2D eigenvalue weighted by atomic mass is 32.2. The summed E-state index contributed by atoms with van der Waals surface area (Å²) in [7, 11) is -0.854. The Morgan fingerprint density at radius 3 is 3.05 bits per heavy atom. The molecule has 6 heteroatoms. The minimum Gasteiger partial charge on any atom is -0.477 e. The zero-order valence-corrected chi connectivity index (χ0v) is 12.5. The second-order valence-electron chi connectivity index (χ2n) is 4.87. The minimum absolute atomic E-state index is 0.0847. The van der Waals surface area contributed by atoms with Crippen LogP contribution in [-0.4, -0.2) is 40.8 Å². The molecule has 1 aromatic carbocycles. The zero-order valence-electron chi connectivity index (χ0n) is 11.7. The van der Waals surface area contributed by atoms with E-state index in [1.165, 1.54) is 0 Å². The molecule has 1 aliphatic rings. The van der Waals surface area contributed by atoms with Crippen LogP contribution in [0.5, 0.6) is 5.75 Å². The van der Waals surface area contributed by atoms with Crippen LogP contribution in [-0.2, 0) is 15.6 Å². The van der Waals surface area contributed by atoms with Crippen LogP contribution in [0.25, 0.3) is 0 Å². The van der Waals surface area contributed by atoms with Crippen molar-refractivity contribution in [2.24, 2.45) is 0 Å². The number of ether oxygens (including phenoxy) is 1. The molecule has 20 heavy (non-hydrogen) atoms. The summed E-state index contributed by atoms with van der Waals surface area (Å²) in [4.78, 5) is 12.0. The van der Waals surface area contributed by atoms with Crippen molar-refractivity contribution >= 4 is 22.4 Å². The van der Waals surface area contributed by atoms with Crippen molar-refractivity contribution in [3.8, 4) is 5.75 Å². The zero-order chi connectivity index (χ0) is 14.5. The number of hydrogen-bond donors (Lipinski definition) is 2. The van der Waals surface area contributed by atoms with E-state index in [0.29, 0.717) is 25.3 Å². The van der Waals surface area contributed by atoms with Gasteiger partial charge in [-0.2, -0.15) is 0 Å². The van der Waals surface area contributed by atoms with Crippen LogP contribution < -0.4 is 15.4 Å². The third-order valence-corrected chi connectivity index (χ3v) is 4.71. The standard InChI is InChI=1S/C14H20N2O3S/c1-10(20(2)18)7-8-15-14(17)13-9-16-11-5-3-4-6-12(11)19-13/h3-6,10,13,16H,7-9H2,1-2H3,(H,15,17). The molecule has 110 valence electrons. The van der Waals surface area contributed by atoms with Crippen LogP contribution in [0.3, 0.4) is 0 Å². The van der Waals surface area contributed by atoms with E-state index in [1.807, 2.05) is 31.2 Å². The number of anilines is 1. The van der Waals surface area contributed by atoms with Crippen LogP contribution in [0.2, 0.25) is 0 Å². The molecule has 2 N–H and O–H groups in total. The third-order valence-electron chi connectivity index (χ3n) is 3.34. The van der Waals surface area contributed by atoms with Gasteiger partial charge in [-0.25, -0.2) is 0 Å². The average Bonchev–Trinajstić information content (AvgIpc) is 2.46. The predicted octanol–water partition coefficient (Wildman–Crippen LogP) is 1.13. The monoisotopic (exact) mass is 296 g/mol. The summed E-state index contributed by atoms with van der Waals surface area (Å²) < 4.78 is 16.9. The first-order valence-electron chi connectivity index (χ1n) is 6.67. The molecule has 3 unspecified atom stereocenters. The Balaban J connectivity index is 1.81. The second-order valence-corrected chi connectivity index (χ2v) is 6.67. The molecule has 0 aliphatic carbocycles. The molecular formula is C14H20N2O3S. The van der Waals surface area contributed by atoms with Crippen molar-refractivity contribution < 1.29 is 13.7 Å². The maximum atomic E-state index is 12.0. The molecule has 0 saturated carbocycles. The molecule has 0 radical (unpaired) electrons. The smallest absolute Gasteiger partial charge is 0.262 e. The second kappa shape index (κ2) is 6.74. The molecular weight excluding hydrogens is 276 g/mol. The van der Waals surface area contributed by atoms with E-state index < -0.39 is 16.9 Å². The van der Waals surface area contributed by atoms with Crippen LogP contribution in [0.1, 0.15) is 13.3 Å². The number of fused-ring (bicyclic) bond motifs is 1. The van der Waals surface area contributed by atoms with Crippen LogP contribution >= 0.6 is 0 Å². The lowest BCUT2D eigenvalue weighted by Crippen LogP contribution is -2.45. The van der Waals surface area contributed by atoms with Crippen molar-refractivity contribution in [3.63, 3.8) is 0 Å². The van der Waals surface area contributed by atoms with Gasteiger partial charge in [0.2, 0.25) is 0 Å². The van der Waals surface area contributed by atoms with Crippen LogP contribution in [0.15, 0.2) is 24.3 Å². The predicted molar refractivity (Wildman–Crippen MR) is 80.5 cm³/mol. The van der Waals surface area contributed by atoms with Gasteiger partial charge in [0, 0.05) is 28.9 Å². The number of benzene rings is 1. The van der Waals surface area contributed by atoms with Crippen molar-refractivity contribution in [1.82, 2.24) is 5.32 Å². The van der Waals surface area contributed by atoms with Gasteiger partial charge in [0.25, 0.3) is 5.91 Å². The highest BCUT2D eigenvalue weighted by Gasteiger charge is 2.25. The van der Waals surface area contributed by atoms with Crippen molar-refractivity contribution in [1.29, 1.82) is 0 Å². The first-order valence-corrected chi connectivity index (χ1v) is 8.29. The SMILES string of the molecule is CC(CCNC(=O)C1CNc2ccccc2O1)S(C)=O. The molecule has 5 nitrogen and oxygen atoms in total. The van der Waals surface area contributed by atoms with Crippen LogP contribution in [0.4, 0.5) is 5.69 Å². The summed E-state index contributed by atoms with van der Waals surface area (Å²) in [6.45, 7) is 2.89. The number of para-hydroxylation sites is 2. The van der Waals surface area contributed by atoms with Crippen molar-refractivity contribution in [2.75, 3.05) is 24.7 Å². The van der Waals surface area contributed by atoms with E-state index >= 15 is 0 Å². The third kappa shape index (κ3) is 3.72. The van der Waals surface area contributed by atoms with Gasteiger partial charge in [0.05, 0.1) is 12.2 Å². The summed E-state index contributed by atoms with van der Waals surface area (Å²) >= 11 is 0. The molecule has 0 spiro atoms. The lowest BCUT2D eigenvalue weighted by molar-refractivity contribution is -0.127. The molecule has 3 atom stereocenters. The number of amides is 1. The molecule has 0 saturated heterocycles. The van der Waals surface area contributed by atoms with Gasteiger partial charge in [-0.1, -0.05) is 19.1 Å². The summed E-state index contributed by atoms with van der Waals surface area (Å²) in [6.07, 6.45) is 1.86. The average molecular weight is 296 g/mol. The quantitative estimate of drug-likeness (QED) is 0.855. The van der Waals surface area contributed by atoms with Gasteiger partial charge in [-0.3, -0.25) is 9.00 Å². The van der Waals surface area contributed by atoms with Gasteiger partial charge in [0.15, 0.2) is 6.10 Å². The van der Waals surface area contributed by atoms with E-state index in [2.05, 4.69) is 10.6 Å². The van der Waals surface area contributed by atoms with Gasteiger partial charge in [0.1, 0.15) is 5.75 Å². The first kappa shape index (κ1) is 14.8. The Labute approximate surface area is 121 Å². The Hall–Kier alpha value is -1.56. The Morgan fingerprint density at radius 1 is 1.55 bits per heavy atom. The number of carbonyl (C=O) groups excluding carboxylic acids is 1. The fourth-order valence-corrected chi connectivity index (χ4v) is 2.39. The van der Waals surface area contributed by atoms with E-state index in [4.69, 9.17) is 4.74 Å². The fourth-order valence-electron chi connectivity index (χ4n) is 1.94. The summed E-state index contributed by atoms with van der Waals surface area (Å²) in [5.41, 5.74) is 0.909. The highest BCUT2D eigenvalue weighted by Crippen LogP contribution is 2.28.